The second kappa shape index (κ2) is 8.01. The van der Waals surface area contributed by atoms with Crippen LogP contribution in [0.15, 0.2) is 52.3 Å². The first-order chi connectivity index (χ1) is 17.6. The summed E-state index contributed by atoms with van der Waals surface area (Å²) in [4.78, 5) is 23.4. The van der Waals surface area contributed by atoms with Crippen molar-refractivity contribution >= 4 is 32.0 Å². The molecule has 0 amide bonds. The van der Waals surface area contributed by atoms with Crippen LogP contribution in [0.1, 0.15) is 51.3 Å². The number of ether oxygens (including phenoxy) is 2. The average molecular weight is 563 g/mol. The highest BCUT2D eigenvalue weighted by atomic mass is 32.2. The van der Waals surface area contributed by atoms with Gasteiger partial charge >= 0.3 is 26.2 Å². The molecule has 1 spiro atoms. The van der Waals surface area contributed by atoms with Gasteiger partial charge in [-0.3, -0.25) is 13.9 Å². The molecule has 2 aliphatic rings. The van der Waals surface area contributed by atoms with Gasteiger partial charge < -0.3 is 19.7 Å². The number of carbonyl (C=O) groups excluding carboxylic acids is 2. The van der Waals surface area contributed by atoms with Gasteiger partial charge in [0.1, 0.15) is 11.5 Å². The van der Waals surface area contributed by atoms with Crippen LogP contribution in [-0.4, -0.2) is 47.9 Å². The van der Waals surface area contributed by atoms with Gasteiger partial charge in [-0.1, -0.05) is 26.0 Å². The van der Waals surface area contributed by atoms with E-state index in [2.05, 4.69) is 0 Å². The van der Waals surface area contributed by atoms with Crippen LogP contribution in [0.25, 0.3) is 0 Å². The van der Waals surface area contributed by atoms with Crippen molar-refractivity contribution < 1.29 is 55.2 Å². The van der Waals surface area contributed by atoms with E-state index in [0.717, 1.165) is 24.3 Å². The van der Waals surface area contributed by atoms with Crippen LogP contribution >= 0.6 is 0 Å². The van der Waals surface area contributed by atoms with Gasteiger partial charge in [0.2, 0.25) is 0 Å². The van der Waals surface area contributed by atoms with Crippen LogP contribution in [0.3, 0.4) is 0 Å². The van der Waals surface area contributed by atoms with Gasteiger partial charge in [-0.15, -0.1) is 0 Å². The highest BCUT2D eigenvalue weighted by Crippen LogP contribution is 2.60. The minimum atomic E-state index is -5.24. The Morgan fingerprint density at radius 3 is 1.74 bits per heavy atom. The molecule has 0 bridgehead atoms. The number of aromatic hydroxyl groups is 2. The summed E-state index contributed by atoms with van der Waals surface area (Å²) in [6.07, 6.45) is 0. The molecule has 198 valence electrons. The second-order valence-electron chi connectivity index (χ2n) is 8.98. The molecule has 14 heteroatoms. The van der Waals surface area contributed by atoms with Crippen molar-refractivity contribution in [3.63, 3.8) is 0 Å². The van der Waals surface area contributed by atoms with Crippen LogP contribution in [0.2, 0.25) is 0 Å². The molecule has 0 saturated heterocycles. The van der Waals surface area contributed by atoms with Crippen molar-refractivity contribution in [2.75, 3.05) is 0 Å². The first-order valence-electron chi connectivity index (χ1n) is 10.9. The zero-order chi connectivity index (χ0) is 27.9. The maximum Gasteiger partial charge on any atom is 0.340 e. The van der Waals surface area contributed by atoms with E-state index in [1.165, 1.54) is 18.2 Å². The van der Waals surface area contributed by atoms with Crippen molar-refractivity contribution in [2.24, 2.45) is 5.92 Å². The normalized spacial score (nSPS) is 15.4. The van der Waals surface area contributed by atoms with Gasteiger partial charge in [0, 0.05) is 28.2 Å². The Balaban J connectivity index is 1.96. The fourth-order valence-electron chi connectivity index (χ4n) is 4.76. The zero-order valence-electron chi connectivity index (χ0n) is 19.5. The van der Waals surface area contributed by atoms with E-state index in [4.69, 9.17) is 9.47 Å². The van der Waals surface area contributed by atoms with Crippen LogP contribution in [-0.2, 0) is 30.6 Å². The molecular formula is C24H18O12S2. The maximum absolute atomic E-state index is 13.2. The standard InChI is InChI=1S/C24H18O12S2/c1-10(2)18(27)11-3-4-13-12(9-11)23(28)36-24(13)14-5-7-16(25)21(37(29,30)31)19(14)35-20-15(24)6-8-17(26)22(20)38(32,33)34/h3-10,25-26H,1-2H3,(H,29,30,31)(H,32,33,34). The van der Waals surface area contributed by atoms with Crippen molar-refractivity contribution in [1.82, 2.24) is 0 Å². The summed E-state index contributed by atoms with van der Waals surface area (Å²) < 4.78 is 80.0. The predicted octanol–water partition coefficient (Wildman–Crippen LogP) is 3.00. The Kier molecular flexibility index (Phi) is 5.41. The highest BCUT2D eigenvalue weighted by Gasteiger charge is 2.56. The van der Waals surface area contributed by atoms with E-state index in [9.17, 15) is 45.7 Å². The number of Topliss-reactive ketones (excluding diaryl/α,β-unsaturated/α-hetero) is 1. The Bertz CT molecular complexity index is 1720. The number of phenolic OH excluding ortho intramolecular Hbond substituents is 2. The fourth-order valence-corrected chi connectivity index (χ4v) is 6.20. The van der Waals surface area contributed by atoms with Gasteiger partial charge in [-0.2, -0.15) is 16.8 Å². The molecule has 0 fully saturated rings. The summed E-state index contributed by atoms with van der Waals surface area (Å²) in [6.45, 7) is 3.32. The average Bonchev–Trinajstić information content (AvgIpc) is 3.08. The minimum absolute atomic E-state index is 0.0348. The SMILES string of the molecule is CC(C)C(=O)c1ccc2c(c1)C(=O)OC21c2ccc(O)c(S(=O)(=O)O)c2Oc2c1ccc(O)c2S(=O)(=O)O. The van der Waals surface area contributed by atoms with Crippen LogP contribution in [0.5, 0.6) is 23.0 Å². The Hall–Kier alpha value is -3.98. The molecule has 5 rings (SSSR count). The molecule has 0 aliphatic carbocycles. The summed E-state index contributed by atoms with van der Waals surface area (Å²) in [5, 5.41) is 20.6. The summed E-state index contributed by atoms with van der Waals surface area (Å²) in [5.74, 6) is -5.28. The number of carbonyl (C=O) groups is 2. The fraction of sp³-hybridized carbons (Fsp3) is 0.167. The van der Waals surface area contributed by atoms with E-state index in [1.54, 1.807) is 13.8 Å². The monoisotopic (exact) mass is 562 g/mol. The molecule has 0 unspecified atom stereocenters. The van der Waals surface area contributed by atoms with Crippen LogP contribution in [0.4, 0.5) is 0 Å². The molecule has 12 nitrogen and oxygen atoms in total. The van der Waals surface area contributed by atoms with Crippen LogP contribution < -0.4 is 4.74 Å². The molecule has 38 heavy (non-hydrogen) atoms. The molecule has 3 aromatic rings. The van der Waals surface area contributed by atoms with Gasteiger partial charge in [-0.25, -0.2) is 4.79 Å². The largest absolute Gasteiger partial charge is 0.506 e. The maximum atomic E-state index is 13.2. The Morgan fingerprint density at radius 1 is 0.816 bits per heavy atom. The number of hydrogen-bond acceptors (Lipinski definition) is 10. The minimum Gasteiger partial charge on any atom is -0.506 e. The number of benzene rings is 3. The van der Waals surface area contributed by atoms with Gasteiger partial charge in [0.15, 0.2) is 32.7 Å². The molecule has 0 radical (unpaired) electrons. The lowest BCUT2D eigenvalue weighted by Gasteiger charge is -2.37. The van der Waals surface area contributed by atoms with Gasteiger partial charge in [0.05, 0.1) is 5.56 Å². The molecule has 4 N–H and O–H groups in total. The predicted molar refractivity (Wildman–Crippen MR) is 127 cm³/mol. The van der Waals surface area contributed by atoms with E-state index < -0.39 is 70.5 Å². The quantitative estimate of drug-likeness (QED) is 0.206. The molecule has 2 aliphatic heterocycles. The topological polar surface area (TPSA) is 202 Å². The van der Waals surface area contributed by atoms with Crippen molar-refractivity contribution in [3.8, 4) is 23.0 Å². The first kappa shape index (κ1) is 25.7. The van der Waals surface area contributed by atoms with E-state index in [1.807, 2.05) is 0 Å². The number of phenols is 2. The van der Waals surface area contributed by atoms with E-state index >= 15 is 0 Å². The lowest BCUT2D eigenvalue weighted by molar-refractivity contribution is 0.0220. The molecule has 0 atom stereocenters. The zero-order valence-corrected chi connectivity index (χ0v) is 21.1. The smallest absolute Gasteiger partial charge is 0.340 e. The second-order valence-corrected chi connectivity index (χ2v) is 11.7. The van der Waals surface area contributed by atoms with Gasteiger partial charge in [0.25, 0.3) is 0 Å². The Labute approximate surface area is 215 Å². The number of esters is 1. The molecule has 2 heterocycles. The molecule has 3 aromatic carbocycles. The van der Waals surface area contributed by atoms with Crippen molar-refractivity contribution in [2.45, 2.75) is 29.2 Å². The number of rotatable bonds is 4. The van der Waals surface area contributed by atoms with Crippen molar-refractivity contribution in [3.05, 3.63) is 70.3 Å². The Morgan fingerprint density at radius 2 is 1.29 bits per heavy atom. The summed E-state index contributed by atoms with van der Waals surface area (Å²) in [6, 6.07) is 8.09. The van der Waals surface area contributed by atoms with Gasteiger partial charge in [-0.05, 0) is 30.3 Å². The van der Waals surface area contributed by atoms with E-state index in [0.29, 0.717) is 0 Å². The first-order valence-corrected chi connectivity index (χ1v) is 13.7. The molecular weight excluding hydrogens is 544 g/mol. The lowest BCUT2D eigenvalue weighted by Crippen LogP contribution is -2.34. The summed E-state index contributed by atoms with van der Waals surface area (Å²) in [7, 11) is -10.5. The number of fused-ring (bicyclic) bond motifs is 6. The number of ketones is 1. The third kappa shape index (κ3) is 3.49. The third-order valence-corrected chi connectivity index (χ3v) is 8.16. The summed E-state index contributed by atoms with van der Waals surface area (Å²) in [5.41, 5.74) is -2.52. The number of hydrogen-bond donors (Lipinski definition) is 4. The summed E-state index contributed by atoms with van der Waals surface area (Å²) >= 11 is 0. The lowest BCUT2D eigenvalue weighted by atomic mass is 9.77. The molecule has 0 aromatic heterocycles. The third-order valence-electron chi connectivity index (χ3n) is 6.33. The highest BCUT2D eigenvalue weighted by molar-refractivity contribution is 7.86. The van der Waals surface area contributed by atoms with Crippen molar-refractivity contribution in [1.29, 1.82) is 0 Å². The molecule has 0 saturated carbocycles. The van der Waals surface area contributed by atoms with Crippen LogP contribution in [0, 0.1) is 5.92 Å². The van der Waals surface area contributed by atoms with E-state index in [-0.39, 0.29) is 33.6 Å².